The van der Waals surface area contributed by atoms with Gasteiger partial charge in [-0.15, -0.1) is 8.42 Å². The lowest BCUT2D eigenvalue weighted by Gasteiger charge is -2.09. The molecule has 2 aromatic carbocycles. The summed E-state index contributed by atoms with van der Waals surface area (Å²) in [6, 6.07) is 14.8. The van der Waals surface area contributed by atoms with Crippen LogP contribution in [0.5, 0.6) is 11.5 Å². The number of para-hydroxylation sites is 2. The van der Waals surface area contributed by atoms with Gasteiger partial charge in [0.1, 0.15) is 5.75 Å². The van der Waals surface area contributed by atoms with Crippen LogP contribution in [-0.4, -0.2) is 8.42 Å². The van der Waals surface area contributed by atoms with Crippen molar-refractivity contribution in [1.29, 1.82) is 0 Å². The van der Waals surface area contributed by atoms with Crippen molar-refractivity contribution in [2.24, 2.45) is 0 Å². The number of benzene rings is 2. The van der Waals surface area contributed by atoms with Gasteiger partial charge in [-0.1, -0.05) is 49.1 Å². The van der Waals surface area contributed by atoms with E-state index in [1.807, 2.05) is 0 Å². The summed E-state index contributed by atoms with van der Waals surface area (Å²) in [6.45, 7) is 3.59. The predicted molar refractivity (Wildman–Crippen MR) is 73.2 cm³/mol. The number of hydrogen-bond acceptors (Lipinski definition) is 4. The van der Waals surface area contributed by atoms with Gasteiger partial charge in [0, 0.05) is 5.56 Å². The summed E-state index contributed by atoms with van der Waals surface area (Å²) in [7, 11) is -4.17. The van der Waals surface area contributed by atoms with Crippen LogP contribution in [0.2, 0.25) is 0 Å². The Morgan fingerprint density at radius 1 is 0.895 bits per heavy atom. The Morgan fingerprint density at radius 3 is 2.21 bits per heavy atom. The molecule has 0 N–H and O–H groups in total. The normalized spacial score (nSPS) is 10.7. The molecule has 0 heterocycles. The lowest BCUT2D eigenvalue weighted by molar-refractivity contribution is 0.392. The summed E-state index contributed by atoms with van der Waals surface area (Å²) in [5, 5.41) is 0. The van der Waals surface area contributed by atoms with Gasteiger partial charge in [-0.25, -0.2) is 0 Å². The predicted octanol–water partition coefficient (Wildman–Crippen LogP) is 3.03. The quantitative estimate of drug-likeness (QED) is 0.842. The monoisotopic (exact) mass is 276 g/mol. The third kappa shape index (κ3) is 3.59. The highest BCUT2D eigenvalue weighted by Gasteiger charge is 2.16. The first-order valence-corrected chi connectivity index (χ1v) is 6.84. The first kappa shape index (κ1) is 13.2. The molecule has 0 bridgehead atoms. The highest BCUT2D eigenvalue weighted by atomic mass is 32.3. The zero-order valence-electron chi connectivity index (χ0n) is 10.0. The van der Waals surface area contributed by atoms with Crippen molar-refractivity contribution in [3.05, 3.63) is 66.7 Å². The molecule has 0 radical (unpaired) electrons. The van der Waals surface area contributed by atoms with Crippen molar-refractivity contribution < 1.29 is 16.8 Å². The van der Waals surface area contributed by atoms with Gasteiger partial charge in [-0.3, -0.25) is 0 Å². The number of rotatable bonds is 5. The molecular weight excluding hydrogens is 264 g/mol. The maximum absolute atomic E-state index is 11.8. The molecule has 0 saturated heterocycles. The van der Waals surface area contributed by atoms with E-state index >= 15 is 0 Å². The Labute approximate surface area is 112 Å². The van der Waals surface area contributed by atoms with Crippen molar-refractivity contribution in [3.63, 3.8) is 0 Å². The third-order valence-electron chi connectivity index (χ3n) is 2.27. The van der Waals surface area contributed by atoms with Crippen LogP contribution in [0.1, 0.15) is 5.56 Å². The molecule has 0 unspecified atom stereocenters. The van der Waals surface area contributed by atoms with Gasteiger partial charge >= 0.3 is 10.4 Å². The van der Waals surface area contributed by atoms with Gasteiger partial charge in [-0.05, 0) is 18.2 Å². The second kappa shape index (κ2) is 5.58. The first-order valence-electron chi connectivity index (χ1n) is 5.51. The average molecular weight is 276 g/mol. The molecule has 0 fully saturated rings. The Morgan fingerprint density at radius 2 is 1.53 bits per heavy atom. The maximum Gasteiger partial charge on any atom is 0.501 e. The van der Waals surface area contributed by atoms with Crippen molar-refractivity contribution in [3.8, 4) is 11.5 Å². The van der Waals surface area contributed by atoms with Crippen LogP contribution in [0.3, 0.4) is 0 Å². The summed E-state index contributed by atoms with van der Waals surface area (Å²) in [4.78, 5) is 0. The smallest absolute Gasteiger partial charge is 0.353 e. The first-order chi connectivity index (χ1) is 9.11. The molecule has 0 aliphatic carbocycles. The summed E-state index contributed by atoms with van der Waals surface area (Å²) in [5.74, 6) is 0.368. The molecule has 98 valence electrons. The maximum atomic E-state index is 11.8. The minimum atomic E-state index is -4.17. The largest absolute Gasteiger partial charge is 0.501 e. The summed E-state index contributed by atoms with van der Waals surface area (Å²) in [5.41, 5.74) is 0.572. The van der Waals surface area contributed by atoms with Crippen LogP contribution in [0.25, 0.3) is 6.08 Å². The van der Waals surface area contributed by atoms with Gasteiger partial charge in [0.05, 0.1) is 0 Å². The fraction of sp³-hybridized carbons (Fsp3) is 0. The lowest BCUT2D eigenvalue weighted by Crippen LogP contribution is -2.16. The standard InChI is InChI=1S/C14H12O4S/c1-2-12-8-6-7-11-14(12)18-19(15,16)17-13-9-4-3-5-10-13/h2-11H,1H2. The zero-order chi connectivity index (χ0) is 13.7. The van der Waals surface area contributed by atoms with Crippen molar-refractivity contribution in [2.75, 3.05) is 0 Å². The highest BCUT2D eigenvalue weighted by molar-refractivity contribution is 7.82. The summed E-state index contributed by atoms with van der Waals surface area (Å²) >= 11 is 0. The van der Waals surface area contributed by atoms with E-state index in [2.05, 4.69) is 6.58 Å². The molecule has 5 heteroatoms. The molecule has 0 aliphatic heterocycles. The highest BCUT2D eigenvalue weighted by Crippen LogP contribution is 2.22. The van der Waals surface area contributed by atoms with Gasteiger partial charge in [0.15, 0.2) is 5.75 Å². The Kier molecular flexibility index (Phi) is 3.87. The molecule has 0 atom stereocenters. The van der Waals surface area contributed by atoms with E-state index in [4.69, 9.17) is 8.37 Å². The van der Waals surface area contributed by atoms with E-state index in [0.717, 1.165) is 0 Å². The number of hydrogen-bond donors (Lipinski definition) is 0. The van der Waals surface area contributed by atoms with Crippen LogP contribution in [0, 0.1) is 0 Å². The van der Waals surface area contributed by atoms with Crippen molar-refractivity contribution in [1.82, 2.24) is 0 Å². The lowest BCUT2D eigenvalue weighted by atomic mass is 10.2. The SMILES string of the molecule is C=Cc1ccccc1OS(=O)(=O)Oc1ccccc1. The molecule has 19 heavy (non-hydrogen) atoms. The molecule has 0 spiro atoms. The third-order valence-corrected chi connectivity index (χ3v) is 3.05. The van der Waals surface area contributed by atoms with E-state index in [1.54, 1.807) is 36.4 Å². The van der Waals surface area contributed by atoms with Crippen LogP contribution in [-0.2, 0) is 10.4 Å². The Bertz CT molecular complexity index is 663. The van der Waals surface area contributed by atoms with E-state index in [9.17, 15) is 8.42 Å². The van der Waals surface area contributed by atoms with Crippen LogP contribution in [0.15, 0.2) is 61.2 Å². The zero-order valence-corrected chi connectivity index (χ0v) is 10.8. The van der Waals surface area contributed by atoms with Crippen LogP contribution >= 0.6 is 0 Å². The Balaban J connectivity index is 2.20. The van der Waals surface area contributed by atoms with E-state index in [0.29, 0.717) is 5.56 Å². The van der Waals surface area contributed by atoms with E-state index in [1.165, 1.54) is 24.3 Å². The minimum absolute atomic E-state index is 0.174. The molecule has 0 aromatic heterocycles. The van der Waals surface area contributed by atoms with Crippen LogP contribution < -0.4 is 8.37 Å². The Hall–Kier alpha value is -2.27. The second-order valence-electron chi connectivity index (χ2n) is 3.63. The molecular formula is C14H12O4S. The van der Waals surface area contributed by atoms with Crippen LogP contribution in [0.4, 0.5) is 0 Å². The molecule has 4 nitrogen and oxygen atoms in total. The van der Waals surface area contributed by atoms with Crippen molar-refractivity contribution >= 4 is 16.5 Å². The molecule has 2 rings (SSSR count). The van der Waals surface area contributed by atoms with E-state index in [-0.39, 0.29) is 11.5 Å². The fourth-order valence-electron chi connectivity index (χ4n) is 1.45. The molecule has 0 saturated carbocycles. The topological polar surface area (TPSA) is 52.6 Å². The second-order valence-corrected chi connectivity index (χ2v) is 4.78. The molecule has 0 amide bonds. The van der Waals surface area contributed by atoms with Gasteiger partial charge in [-0.2, -0.15) is 0 Å². The molecule has 0 aliphatic rings. The minimum Gasteiger partial charge on any atom is -0.353 e. The fourth-order valence-corrected chi connectivity index (χ4v) is 2.20. The van der Waals surface area contributed by atoms with Gasteiger partial charge in [0.2, 0.25) is 0 Å². The summed E-state index contributed by atoms with van der Waals surface area (Å²) in [6.07, 6.45) is 1.51. The average Bonchev–Trinajstić information content (AvgIpc) is 2.39. The van der Waals surface area contributed by atoms with Gasteiger partial charge < -0.3 is 8.37 Å². The van der Waals surface area contributed by atoms with Crippen molar-refractivity contribution in [2.45, 2.75) is 0 Å². The van der Waals surface area contributed by atoms with E-state index < -0.39 is 10.4 Å². The molecule has 2 aromatic rings. The summed E-state index contributed by atoms with van der Waals surface area (Å²) < 4.78 is 33.2. The van der Waals surface area contributed by atoms with Gasteiger partial charge in [0.25, 0.3) is 0 Å².